The lowest BCUT2D eigenvalue weighted by Gasteiger charge is -2.11. The van der Waals surface area contributed by atoms with Crippen LogP contribution in [0.15, 0.2) is 28.9 Å². The van der Waals surface area contributed by atoms with Crippen LogP contribution < -0.4 is 10.1 Å². The van der Waals surface area contributed by atoms with Crippen molar-refractivity contribution in [2.24, 2.45) is 7.05 Å². The Morgan fingerprint density at radius 2 is 2.14 bits per heavy atom. The Balaban J connectivity index is 1.54. The highest BCUT2D eigenvalue weighted by Crippen LogP contribution is 2.35. The van der Waals surface area contributed by atoms with Crippen LogP contribution in [0.4, 0.5) is 0 Å². The lowest BCUT2D eigenvalue weighted by atomic mass is 9.42. The summed E-state index contributed by atoms with van der Waals surface area (Å²) in [6, 6.07) is 5.52. The lowest BCUT2D eigenvalue weighted by Crippen LogP contribution is -2.29. The number of ether oxygens (including phenoxy) is 1. The van der Waals surface area contributed by atoms with Crippen LogP contribution in [0.1, 0.15) is 33.5 Å². The van der Waals surface area contributed by atoms with Gasteiger partial charge in [0, 0.05) is 23.9 Å². The highest BCUT2D eigenvalue weighted by atomic mass is 16.5. The summed E-state index contributed by atoms with van der Waals surface area (Å²) in [7, 11) is 7.87. The molecule has 1 amide bonds. The van der Waals surface area contributed by atoms with E-state index in [2.05, 4.69) is 20.6 Å². The van der Waals surface area contributed by atoms with Crippen LogP contribution in [0.3, 0.4) is 0 Å². The standard InChI is InChI=1S/C17H20B3N5O3/c1-8-11(6-21-25(8)2)15(26)22-12-7-27-13-5-9(3-4-10(12)13)14-23-16(28-24-14)17(18,19)20/h3-6,12H,7,18-20H2,1-2H3,(H,22,26)/t12-/m1/s1. The van der Waals surface area contributed by atoms with Crippen LogP contribution in [0.5, 0.6) is 5.75 Å². The molecule has 0 bridgehead atoms. The Bertz CT molecular complexity index is 1060. The molecule has 11 heteroatoms. The zero-order valence-corrected chi connectivity index (χ0v) is 16.6. The number of aromatic nitrogens is 4. The van der Waals surface area contributed by atoms with E-state index in [-0.39, 0.29) is 17.1 Å². The highest BCUT2D eigenvalue weighted by Gasteiger charge is 2.28. The summed E-state index contributed by atoms with van der Waals surface area (Å²) in [6.07, 6.45) is 1.58. The van der Waals surface area contributed by atoms with Gasteiger partial charge in [0.25, 0.3) is 5.91 Å². The number of hydrogen-bond acceptors (Lipinski definition) is 6. The molecule has 1 aromatic carbocycles. The zero-order valence-electron chi connectivity index (χ0n) is 16.6. The van der Waals surface area contributed by atoms with E-state index in [9.17, 15) is 4.79 Å². The molecule has 0 unspecified atom stereocenters. The lowest BCUT2D eigenvalue weighted by molar-refractivity contribution is 0.0929. The van der Waals surface area contributed by atoms with Gasteiger partial charge in [-0.25, -0.2) is 0 Å². The summed E-state index contributed by atoms with van der Waals surface area (Å²) in [4.78, 5) is 17.1. The minimum absolute atomic E-state index is 0.163. The SMILES string of the molecule is BC(B)(B)c1nc(-c2ccc3c(c2)OC[C@H]3NC(=O)c2cnn(C)c2C)no1. The third-order valence-electron chi connectivity index (χ3n) is 4.91. The molecule has 0 fully saturated rings. The number of hydrogen-bond donors (Lipinski definition) is 1. The van der Waals surface area contributed by atoms with E-state index in [0.29, 0.717) is 29.6 Å². The number of amides is 1. The molecule has 0 saturated carbocycles. The predicted molar refractivity (Wildman–Crippen MR) is 111 cm³/mol. The number of aryl methyl sites for hydroxylation is 1. The second kappa shape index (κ2) is 6.58. The van der Waals surface area contributed by atoms with Crippen molar-refractivity contribution in [2.75, 3.05) is 6.61 Å². The van der Waals surface area contributed by atoms with Crippen LogP contribution in [-0.2, 0) is 12.2 Å². The van der Waals surface area contributed by atoms with E-state index in [1.807, 2.05) is 55.7 Å². The van der Waals surface area contributed by atoms with Crippen molar-refractivity contribution in [2.45, 2.75) is 18.1 Å². The van der Waals surface area contributed by atoms with Gasteiger partial charge in [0.05, 0.1) is 17.8 Å². The first kappa shape index (κ1) is 18.4. The van der Waals surface area contributed by atoms with Gasteiger partial charge < -0.3 is 14.6 Å². The Morgan fingerprint density at radius 1 is 1.36 bits per heavy atom. The first-order valence-electron chi connectivity index (χ1n) is 9.15. The third kappa shape index (κ3) is 3.21. The van der Waals surface area contributed by atoms with Crippen molar-refractivity contribution in [1.29, 1.82) is 0 Å². The molecule has 1 atom stereocenters. The Morgan fingerprint density at radius 3 is 2.79 bits per heavy atom. The van der Waals surface area contributed by atoms with Crippen LogP contribution in [-0.4, -0.2) is 56.0 Å². The van der Waals surface area contributed by atoms with E-state index in [4.69, 9.17) is 9.26 Å². The maximum Gasteiger partial charge on any atom is 0.255 e. The van der Waals surface area contributed by atoms with Gasteiger partial charge in [-0.15, -0.1) is 0 Å². The normalized spacial score (nSPS) is 15.9. The Labute approximate surface area is 165 Å². The molecule has 0 saturated heterocycles. The molecule has 2 aromatic heterocycles. The van der Waals surface area contributed by atoms with Crippen molar-refractivity contribution >= 4 is 29.4 Å². The first-order chi connectivity index (χ1) is 13.2. The molecule has 1 aliphatic rings. The van der Waals surface area contributed by atoms with E-state index < -0.39 is 0 Å². The molecule has 3 aromatic rings. The molecule has 140 valence electrons. The van der Waals surface area contributed by atoms with Crippen molar-refractivity contribution in [3.8, 4) is 17.1 Å². The van der Waals surface area contributed by atoms with Crippen molar-refractivity contribution in [3.05, 3.63) is 47.1 Å². The highest BCUT2D eigenvalue weighted by molar-refractivity contribution is 6.58. The van der Waals surface area contributed by atoms with Crippen molar-refractivity contribution < 1.29 is 14.1 Å². The van der Waals surface area contributed by atoms with E-state index in [0.717, 1.165) is 16.8 Å². The number of nitrogens with zero attached hydrogens (tertiary/aromatic N) is 4. The number of carbonyl (C=O) groups excluding carboxylic acids is 1. The first-order valence-corrected chi connectivity index (χ1v) is 9.15. The molecular formula is C17H20B3N5O3. The van der Waals surface area contributed by atoms with Gasteiger partial charge >= 0.3 is 0 Å². The quantitative estimate of drug-likeness (QED) is 0.567. The van der Waals surface area contributed by atoms with Gasteiger partial charge in [-0.05, 0) is 18.1 Å². The summed E-state index contributed by atoms with van der Waals surface area (Å²) in [5.74, 6) is 1.66. The molecule has 0 radical (unpaired) electrons. The van der Waals surface area contributed by atoms with Crippen LogP contribution >= 0.6 is 0 Å². The van der Waals surface area contributed by atoms with Gasteiger partial charge in [0.15, 0.2) is 0 Å². The molecule has 0 spiro atoms. The predicted octanol–water partition coefficient (Wildman–Crippen LogP) is -1.35. The fraction of sp³-hybridized carbons (Fsp3) is 0.294. The molecule has 1 N–H and O–H groups in total. The Kier molecular flexibility index (Phi) is 4.32. The van der Waals surface area contributed by atoms with E-state index >= 15 is 0 Å². The average molecular weight is 375 g/mol. The van der Waals surface area contributed by atoms with Crippen molar-refractivity contribution in [1.82, 2.24) is 25.2 Å². The monoisotopic (exact) mass is 375 g/mol. The van der Waals surface area contributed by atoms with Gasteiger partial charge in [0.2, 0.25) is 11.7 Å². The summed E-state index contributed by atoms with van der Waals surface area (Å²) >= 11 is 0. The number of nitrogens with one attached hydrogen (secondary N) is 1. The molecule has 0 aliphatic carbocycles. The smallest absolute Gasteiger partial charge is 0.255 e. The van der Waals surface area contributed by atoms with Crippen molar-refractivity contribution in [3.63, 3.8) is 0 Å². The fourth-order valence-electron chi connectivity index (χ4n) is 3.07. The number of rotatable bonds is 4. The van der Waals surface area contributed by atoms with Gasteiger partial charge in [-0.3, -0.25) is 9.48 Å². The zero-order chi connectivity index (χ0) is 20.1. The van der Waals surface area contributed by atoms with Crippen LogP contribution in [0, 0.1) is 6.92 Å². The maximum atomic E-state index is 12.6. The second-order valence-electron chi connectivity index (χ2n) is 8.03. The largest absolute Gasteiger partial charge is 0.491 e. The van der Waals surface area contributed by atoms with E-state index in [1.165, 1.54) is 0 Å². The number of carbonyl (C=O) groups is 1. The van der Waals surface area contributed by atoms with E-state index in [1.54, 1.807) is 10.9 Å². The molecule has 4 rings (SSSR count). The van der Waals surface area contributed by atoms with Gasteiger partial charge in [0.1, 0.15) is 35.9 Å². The summed E-state index contributed by atoms with van der Waals surface area (Å²) in [5.41, 5.74) is 3.12. The topological polar surface area (TPSA) is 95.1 Å². The third-order valence-corrected chi connectivity index (χ3v) is 4.91. The summed E-state index contributed by atoms with van der Waals surface area (Å²) < 4.78 is 12.8. The van der Waals surface area contributed by atoms with Crippen LogP contribution in [0.2, 0.25) is 0 Å². The summed E-state index contributed by atoms with van der Waals surface area (Å²) in [5, 5.41) is 11.0. The van der Waals surface area contributed by atoms with Gasteiger partial charge in [-0.1, -0.05) is 17.3 Å². The Hall–Kier alpha value is -2.97. The van der Waals surface area contributed by atoms with Crippen LogP contribution in [0.25, 0.3) is 11.4 Å². The molecular weight excluding hydrogens is 355 g/mol. The second-order valence-corrected chi connectivity index (χ2v) is 8.03. The number of fused-ring (bicyclic) bond motifs is 1. The average Bonchev–Trinajstić information content (AvgIpc) is 3.35. The summed E-state index contributed by atoms with van der Waals surface area (Å²) in [6.45, 7) is 2.24. The molecule has 8 nitrogen and oxygen atoms in total. The minimum Gasteiger partial charge on any atom is -0.491 e. The molecule has 1 aliphatic heterocycles. The maximum absolute atomic E-state index is 12.6. The molecule has 28 heavy (non-hydrogen) atoms. The molecule has 3 heterocycles. The fourth-order valence-corrected chi connectivity index (χ4v) is 3.07. The van der Waals surface area contributed by atoms with Gasteiger partial charge in [-0.2, -0.15) is 10.1 Å². The minimum atomic E-state index is -0.216. The number of benzene rings is 1.